The second-order valence-electron chi connectivity index (χ2n) is 6.98. The largest absolute Gasteiger partial charge is 0.451 e. The number of nitrogens with zero attached hydrogens (tertiary/aromatic N) is 2. The van der Waals surface area contributed by atoms with Crippen LogP contribution >= 0.6 is 11.3 Å². The van der Waals surface area contributed by atoms with Crippen molar-refractivity contribution in [2.75, 3.05) is 6.61 Å². The zero-order valence-corrected chi connectivity index (χ0v) is 16.1. The molecule has 1 saturated carbocycles. The molecule has 1 N–H and O–H groups in total. The van der Waals surface area contributed by atoms with Gasteiger partial charge in [-0.05, 0) is 38.3 Å². The van der Waals surface area contributed by atoms with Gasteiger partial charge < -0.3 is 10.1 Å². The van der Waals surface area contributed by atoms with Crippen LogP contribution in [0.2, 0.25) is 0 Å². The van der Waals surface area contributed by atoms with Crippen LogP contribution in [0.4, 0.5) is 0 Å². The zero-order valence-electron chi connectivity index (χ0n) is 15.3. The van der Waals surface area contributed by atoms with Gasteiger partial charge in [-0.1, -0.05) is 29.8 Å². The summed E-state index contributed by atoms with van der Waals surface area (Å²) in [7, 11) is 0. The second kappa shape index (κ2) is 7.15. The van der Waals surface area contributed by atoms with E-state index in [1.54, 1.807) is 6.07 Å². The monoisotopic (exact) mass is 383 g/mol. The first-order chi connectivity index (χ1) is 13.0. The van der Waals surface area contributed by atoms with Gasteiger partial charge in [-0.3, -0.25) is 9.48 Å². The molecule has 0 atom stereocenters. The normalized spacial score (nSPS) is 13.7. The third-order valence-electron chi connectivity index (χ3n) is 4.54. The van der Waals surface area contributed by atoms with E-state index in [1.165, 1.54) is 16.9 Å². The molecule has 3 aromatic rings. The average molecular weight is 383 g/mol. The Labute approximate surface area is 161 Å². The molecule has 0 radical (unpaired) electrons. The summed E-state index contributed by atoms with van der Waals surface area (Å²) in [4.78, 5) is 25.4. The minimum atomic E-state index is -0.469. The third-order valence-corrected chi connectivity index (χ3v) is 5.67. The van der Waals surface area contributed by atoms with Gasteiger partial charge in [0.2, 0.25) is 0 Å². The van der Waals surface area contributed by atoms with Gasteiger partial charge in [-0.15, -0.1) is 11.3 Å². The van der Waals surface area contributed by atoms with Crippen molar-refractivity contribution in [3.8, 4) is 0 Å². The Bertz CT molecular complexity index is 1000. The van der Waals surface area contributed by atoms with Crippen molar-refractivity contribution in [1.82, 2.24) is 15.1 Å². The molecule has 0 bridgehead atoms. The minimum absolute atomic E-state index is 0.238. The molecule has 2 aromatic heterocycles. The highest BCUT2D eigenvalue weighted by molar-refractivity contribution is 7.20. The maximum atomic E-state index is 12.3. The summed E-state index contributed by atoms with van der Waals surface area (Å²) in [5.74, 6) is -0.711. The molecule has 1 aromatic carbocycles. The van der Waals surface area contributed by atoms with Crippen LogP contribution < -0.4 is 5.32 Å². The van der Waals surface area contributed by atoms with E-state index in [-0.39, 0.29) is 18.6 Å². The predicted molar refractivity (Wildman–Crippen MR) is 104 cm³/mol. The Hall–Kier alpha value is -2.67. The summed E-state index contributed by atoms with van der Waals surface area (Å²) >= 11 is 1.35. The van der Waals surface area contributed by atoms with Crippen molar-refractivity contribution < 1.29 is 14.3 Å². The highest BCUT2D eigenvalue weighted by atomic mass is 32.1. The number of hydrogen-bond acceptors (Lipinski definition) is 5. The van der Waals surface area contributed by atoms with E-state index >= 15 is 0 Å². The molecule has 7 heteroatoms. The molecule has 1 amide bonds. The summed E-state index contributed by atoms with van der Waals surface area (Å²) in [6.07, 6.45) is 2.01. The molecule has 4 rings (SSSR count). The molecular weight excluding hydrogens is 362 g/mol. The van der Waals surface area contributed by atoms with Gasteiger partial charge >= 0.3 is 5.97 Å². The van der Waals surface area contributed by atoms with E-state index in [2.05, 4.69) is 41.6 Å². The Morgan fingerprint density at radius 2 is 2.00 bits per heavy atom. The van der Waals surface area contributed by atoms with E-state index < -0.39 is 5.97 Å². The number of aromatic nitrogens is 2. The SMILES string of the molecule is Cc1ccc(Cn2nc(C)c3cc(C(=O)OCC(=O)NC4CC4)sc32)cc1. The summed E-state index contributed by atoms with van der Waals surface area (Å²) in [5, 5.41) is 8.34. The smallest absolute Gasteiger partial charge is 0.348 e. The number of nitrogens with one attached hydrogen (secondary N) is 1. The Morgan fingerprint density at radius 3 is 2.70 bits per heavy atom. The van der Waals surface area contributed by atoms with Crippen LogP contribution in [-0.2, 0) is 16.1 Å². The van der Waals surface area contributed by atoms with Crippen LogP contribution in [0, 0.1) is 13.8 Å². The number of amides is 1. The second-order valence-corrected chi connectivity index (χ2v) is 8.01. The van der Waals surface area contributed by atoms with Crippen molar-refractivity contribution >= 4 is 33.4 Å². The van der Waals surface area contributed by atoms with Crippen LogP contribution in [0.25, 0.3) is 10.2 Å². The van der Waals surface area contributed by atoms with Crippen LogP contribution in [0.15, 0.2) is 30.3 Å². The number of carbonyl (C=O) groups is 2. The number of rotatable bonds is 6. The highest BCUT2D eigenvalue weighted by Gasteiger charge is 2.24. The minimum Gasteiger partial charge on any atom is -0.451 e. The number of thiophene rings is 1. The number of carbonyl (C=O) groups excluding carboxylic acids is 2. The summed E-state index contributed by atoms with van der Waals surface area (Å²) in [5.41, 5.74) is 3.24. The molecular formula is C20H21N3O3S. The van der Waals surface area contributed by atoms with Gasteiger partial charge in [-0.2, -0.15) is 5.10 Å². The predicted octanol–water partition coefficient (Wildman–Crippen LogP) is 3.20. The fourth-order valence-electron chi connectivity index (χ4n) is 2.89. The van der Waals surface area contributed by atoms with Crippen molar-refractivity contribution in [2.45, 2.75) is 39.3 Å². The lowest BCUT2D eigenvalue weighted by molar-refractivity contribution is -0.124. The van der Waals surface area contributed by atoms with Gasteiger partial charge in [0.15, 0.2) is 6.61 Å². The van der Waals surface area contributed by atoms with Crippen LogP contribution in [0.1, 0.15) is 39.3 Å². The molecule has 1 aliphatic carbocycles. The maximum absolute atomic E-state index is 12.3. The van der Waals surface area contributed by atoms with Crippen LogP contribution in [0.3, 0.4) is 0 Å². The van der Waals surface area contributed by atoms with Crippen LogP contribution in [0.5, 0.6) is 0 Å². The molecule has 27 heavy (non-hydrogen) atoms. The number of ether oxygens (including phenoxy) is 1. The number of aryl methyl sites for hydroxylation is 2. The third kappa shape index (κ3) is 4.03. The highest BCUT2D eigenvalue weighted by Crippen LogP contribution is 2.29. The topological polar surface area (TPSA) is 73.2 Å². The molecule has 6 nitrogen and oxygen atoms in total. The molecule has 0 aliphatic heterocycles. The first-order valence-corrected chi connectivity index (χ1v) is 9.80. The standard InChI is InChI=1S/C20H21N3O3S/c1-12-3-5-14(6-4-12)10-23-19-16(13(2)22-23)9-17(27-19)20(25)26-11-18(24)21-15-7-8-15/h3-6,9,15H,7-8,10-11H2,1-2H3,(H,21,24). The lowest BCUT2D eigenvalue weighted by Gasteiger charge is -2.04. The first-order valence-electron chi connectivity index (χ1n) is 8.98. The Kier molecular flexibility index (Phi) is 4.70. The first kappa shape index (κ1) is 17.7. The molecule has 0 saturated heterocycles. The van der Waals surface area contributed by atoms with Crippen molar-refractivity contribution in [3.63, 3.8) is 0 Å². The lowest BCUT2D eigenvalue weighted by atomic mass is 10.1. The molecule has 140 valence electrons. The molecule has 0 unspecified atom stereocenters. The van der Waals surface area contributed by atoms with Crippen molar-refractivity contribution in [1.29, 1.82) is 0 Å². The Morgan fingerprint density at radius 1 is 1.26 bits per heavy atom. The number of hydrogen-bond donors (Lipinski definition) is 1. The molecule has 1 aliphatic rings. The fourth-order valence-corrected chi connectivity index (χ4v) is 3.94. The van der Waals surface area contributed by atoms with Crippen molar-refractivity contribution in [2.24, 2.45) is 0 Å². The van der Waals surface area contributed by atoms with E-state index in [0.29, 0.717) is 11.4 Å². The van der Waals surface area contributed by atoms with E-state index in [0.717, 1.165) is 34.3 Å². The van der Waals surface area contributed by atoms with Gasteiger partial charge in [-0.25, -0.2) is 4.79 Å². The van der Waals surface area contributed by atoms with Gasteiger partial charge in [0, 0.05) is 11.4 Å². The Balaban J connectivity index is 1.48. The molecule has 1 fully saturated rings. The maximum Gasteiger partial charge on any atom is 0.348 e. The number of fused-ring (bicyclic) bond motifs is 1. The summed E-state index contributed by atoms with van der Waals surface area (Å²) in [6.45, 7) is 4.39. The lowest BCUT2D eigenvalue weighted by Crippen LogP contribution is -2.30. The molecule has 2 heterocycles. The van der Waals surface area contributed by atoms with E-state index in [1.807, 2.05) is 11.6 Å². The van der Waals surface area contributed by atoms with Crippen LogP contribution in [-0.4, -0.2) is 34.3 Å². The summed E-state index contributed by atoms with van der Waals surface area (Å²) < 4.78 is 7.07. The number of esters is 1. The van der Waals surface area contributed by atoms with Crippen molar-refractivity contribution in [3.05, 3.63) is 52.0 Å². The molecule has 0 spiro atoms. The average Bonchev–Trinajstić information content (AvgIpc) is 3.25. The van der Waals surface area contributed by atoms with E-state index in [4.69, 9.17) is 4.74 Å². The number of benzene rings is 1. The fraction of sp³-hybridized carbons (Fsp3) is 0.350. The van der Waals surface area contributed by atoms with Gasteiger partial charge in [0.05, 0.1) is 12.2 Å². The summed E-state index contributed by atoms with van der Waals surface area (Å²) in [6, 6.07) is 10.4. The quantitative estimate of drug-likeness (QED) is 0.664. The van der Waals surface area contributed by atoms with Gasteiger partial charge in [0.25, 0.3) is 5.91 Å². The van der Waals surface area contributed by atoms with E-state index in [9.17, 15) is 9.59 Å². The zero-order chi connectivity index (χ0) is 19.0. The van der Waals surface area contributed by atoms with Gasteiger partial charge in [0.1, 0.15) is 9.71 Å².